The Bertz CT molecular complexity index is 811. The van der Waals surface area contributed by atoms with Gasteiger partial charge in [-0.15, -0.1) is 0 Å². The van der Waals surface area contributed by atoms with Crippen molar-refractivity contribution in [1.82, 2.24) is 0 Å². The molecule has 3 nitrogen and oxygen atoms in total. The van der Waals surface area contributed by atoms with Gasteiger partial charge in [0.2, 0.25) is 0 Å². The Morgan fingerprint density at radius 3 is 2.27 bits per heavy atom. The summed E-state index contributed by atoms with van der Waals surface area (Å²) in [5.74, 6) is 1.74. The predicted molar refractivity (Wildman–Crippen MR) is 89.7 cm³/mol. The number of rotatable bonds is 2. The smallest absolute Gasteiger partial charge is 0.154 e. The molecule has 2 N–H and O–H groups in total. The summed E-state index contributed by atoms with van der Waals surface area (Å²) in [6, 6.07) is 4.07. The molecule has 1 aromatic carbocycles. The van der Waals surface area contributed by atoms with Crippen LogP contribution in [0.1, 0.15) is 42.8 Å². The summed E-state index contributed by atoms with van der Waals surface area (Å²) in [5.41, 5.74) is 9.06. The average molecular weight is 318 g/mol. The quantitative estimate of drug-likeness (QED) is 0.705. The van der Waals surface area contributed by atoms with Crippen LogP contribution in [0.15, 0.2) is 21.0 Å². The molecule has 4 heteroatoms. The van der Waals surface area contributed by atoms with E-state index in [-0.39, 0.29) is 5.41 Å². The van der Waals surface area contributed by atoms with Gasteiger partial charge in [0.15, 0.2) is 5.58 Å². The summed E-state index contributed by atoms with van der Waals surface area (Å²) in [4.78, 5) is 0. The maximum absolute atomic E-state index is 6.58. The van der Waals surface area contributed by atoms with Crippen molar-refractivity contribution in [2.45, 2.75) is 44.9 Å². The van der Waals surface area contributed by atoms with E-state index < -0.39 is 0 Å². The third-order valence-corrected chi connectivity index (χ3v) is 5.50. The number of aryl methyl sites for hydroxylation is 2. The van der Waals surface area contributed by atoms with Crippen molar-refractivity contribution < 1.29 is 8.83 Å². The molecule has 0 radical (unpaired) electrons. The van der Waals surface area contributed by atoms with E-state index in [9.17, 15) is 0 Å². The summed E-state index contributed by atoms with van der Waals surface area (Å²) in [5, 5.41) is 2.65. The Morgan fingerprint density at radius 1 is 1.05 bits per heavy atom. The topological polar surface area (TPSA) is 52.3 Å². The van der Waals surface area contributed by atoms with Crippen molar-refractivity contribution in [1.29, 1.82) is 0 Å². The van der Waals surface area contributed by atoms with Gasteiger partial charge in [-0.05, 0) is 38.8 Å². The largest absolute Gasteiger partial charge is 0.461 e. The number of nitrogens with two attached hydrogens (primary N) is 1. The molecule has 4 rings (SSSR count). The maximum atomic E-state index is 6.58. The number of hydrogen-bond donors (Lipinski definition) is 1. The van der Waals surface area contributed by atoms with Gasteiger partial charge >= 0.3 is 0 Å². The van der Waals surface area contributed by atoms with Crippen LogP contribution in [-0.4, -0.2) is 6.54 Å². The zero-order valence-corrected chi connectivity index (χ0v) is 13.7. The molecule has 0 unspecified atom stereocenters. The van der Waals surface area contributed by atoms with E-state index in [1.807, 2.05) is 19.9 Å². The van der Waals surface area contributed by atoms with Gasteiger partial charge in [0.1, 0.15) is 17.1 Å². The van der Waals surface area contributed by atoms with E-state index in [1.165, 1.54) is 18.4 Å². The van der Waals surface area contributed by atoms with Crippen LogP contribution in [-0.2, 0) is 5.41 Å². The van der Waals surface area contributed by atoms with Gasteiger partial charge in [0.25, 0.3) is 0 Å². The lowest BCUT2D eigenvalue weighted by Gasteiger charge is -2.28. The summed E-state index contributed by atoms with van der Waals surface area (Å²) in [6.07, 6.45) is 4.61. The molecule has 0 aliphatic heterocycles. The fourth-order valence-corrected chi connectivity index (χ4v) is 4.39. The first-order chi connectivity index (χ1) is 10.6. The fourth-order valence-electron chi connectivity index (χ4n) is 4.11. The lowest BCUT2D eigenvalue weighted by atomic mass is 9.76. The van der Waals surface area contributed by atoms with E-state index in [0.29, 0.717) is 11.6 Å². The van der Waals surface area contributed by atoms with Crippen LogP contribution in [0, 0.1) is 13.8 Å². The summed E-state index contributed by atoms with van der Waals surface area (Å²) >= 11 is 6.58. The lowest BCUT2D eigenvalue weighted by Crippen LogP contribution is -2.32. The first-order valence-electron chi connectivity index (χ1n) is 7.88. The molecule has 2 aromatic heterocycles. The van der Waals surface area contributed by atoms with E-state index in [2.05, 4.69) is 6.07 Å². The zero-order valence-electron chi connectivity index (χ0n) is 13.0. The van der Waals surface area contributed by atoms with Gasteiger partial charge in [0.05, 0.1) is 5.02 Å². The molecule has 116 valence electrons. The second kappa shape index (κ2) is 4.77. The lowest BCUT2D eigenvalue weighted by molar-refractivity contribution is 0.449. The SMILES string of the molecule is Cc1cc2c(C3(CN)CCCC3)c3oc(C)cc3c(Cl)c2o1. The Hall–Kier alpha value is -1.45. The van der Waals surface area contributed by atoms with Gasteiger partial charge in [-0.2, -0.15) is 0 Å². The van der Waals surface area contributed by atoms with Crippen LogP contribution in [0.4, 0.5) is 0 Å². The van der Waals surface area contributed by atoms with E-state index in [4.69, 9.17) is 26.2 Å². The molecular formula is C18H20ClNO2. The normalized spacial score (nSPS) is 17.8. The highest BCUT2D eigenvalue weighted by Crippen LogP contribution is 2.49. The molecule has 0 spiro atoms. The second-order valence-electron chi connectivity index (χ2n) is 6.58. The standard InChI is InChI=1S/C18H20ClNO2/c1-10-7-12-14(18(9-20)5-3-4-6-18)16-13(8-11(2)21-16)15(19)17(12)22-10/h7-8H,3-6,9,20H2,1-2H3. The first-order valence-corrected chi connectivity index (χ1v) is 8.26. The number of fused-ring (bicyclic) bond motifs is 2. The number of benzene rings is 1. The molecular weight excluding hydrogens is 298 g/mol. The Morgan fingerprint density at radius 2 is 1.64 bits per heavy atom. The summed E-state index contributed by atoms with van der Waals surface area (Å²) in [7, 11) is 0. The van der Waals surface area contributed by atoms with Crippen molar-refractivity contribution >= 4 is 33.5 Å². The molecule has 1 fully saturated rings. The molecule has 22 heavy (non-hydrogen) atoms. The molecule has 1 aliphatic rings. The van der Waals surface area contributed by atoms with Crippen molar-refractivity contribution in [2.24, 2.45) is 5.73 Å². The monoisotopic (exact) mass is 317 g/mol. The van der Waals surface area contributed by atoms with Crippen molar-refractivity contribution in [3.05, 3.63) is 34.2 Å². The Kier molecular flexibility index (Phi) is 3.07. The summed E-state index contributed by atoms with van der Waals surface area (Å²) < 4.78 is 11.9. The first kappa shape index (κ1) is 14.2. The van der Waals surface area contributed by atoms with Gasteiger partial charge in [0, 0.05) is 28.3 Å². The van der Waals surface area contributed by atoms with Gasteiger partial charge < -0.3 is 14.6 Å². The van der Waals surface area contributed by atoms with Crippen molar-refractivity contribution in [3.8, 4) is 0 Å². The molecule has 3 aromatic rings. The number of furan rings is 2. The number of hydrogen-bond acceptors (Lipinski definition) is 3. The van der Waals surface area contributed by atoms with Crippen LogP contribution >= 0.6 is 11.6 Å². The Balaban J connectivity index is 2.19. The fraction of sp³-hybridized carbons (Fsp3) is 0.444. The molecule has 0 atom stereocenters. The van der Waals surface area contributed by atoms with E-state index in [1.54, 1.807) is 0 Å². The molecule has 0 bridgehead atoms. The van der Waals surface area contributed by atoms with Gasteiger partial charge in [-0.25, -0.2) is 0 Å². The van der Waals surface area contributed by atoms with E-state index >= 15 is 0 Å². The van der Waals surface area contributed by atoms with Gasteiger partial charge in [-0.3, -0.25) is 0 Å². The zero-order chi connectivity index (χ0) is 15.5. The number of halogens is 1. The minimum Gasteiger partial charge on any atom is -0.461 e. The molecule has 0 saturated heterocycles. The third-order valence-electron chi connectivity index (χ3n) is 5.12. The van der Waals surface area contributed by atoms with Crippen molar-refractivity contribution in [3.63, 3.8) is 0 Å². The Labute approximate surface area is 134 Å². The average Bonchev–Trinajstić information content (AvgIpc) is 3.18. The maximum Gasteiger partial charge on any atom is 0.154 e. The predicted octanol–water partition coefficient (Wildman–Crippen LogP) is 5.22. The van der Waals surface area contributed by atoms with E-state index in [0.717, 1.165) is 46.3 Å². The van der Waals surface area contributed by atoms with Gasteiger partial charge in [-0.1, -0.05) is 24.4 Å². The highest BCUT2D eigenvalue weighted by Gasteiger charge is 2.39. The minimum atomic E-state index is -0.0261. The molecule has 0 amide bonds. The molecule has 2 heterocycles. The third kappa shape index (κ3) is 1.79. The van der Waals surface area contributed by atoms with Crippen LogP contribution in [0.3, 0.4) is 0 Å². The molecule has 1 saturated carbocycles. The van der Waals surface area contributed by atoms with Crippen LogP contribution < -0.4 is 5.73 Å². The van der Waals surface area contributed by atoms with Crippen LogP contribution in [0.2, 0.25) is 5.02 Å². The highest BCUT2D eigenvalue weighted by atomic mass is 35.5. The highest BCUT2D eigenvalue weighted by molar-refractivity contribution is 6.40. The van der Waals surface area contributed by atoms with Crippen molar-refractivity contribution in [2.75, 3.05) is 6.54 Å². The molecule has 1 aliphatic carbocycles. The second-order valence-corrected chi connectivity index (χ2v) is 6.96. The van der Waals surface area contributed by atoms with Crippen LogP contribution in [0.5, 0.6) is 0 Å². The summed E-state index contributed by atoms with van der Waals surface area (Å²) in [6.45, 7) is 4.54. The minimum absolute atomic E-state index is 0.0261. The van der Waals surface area contributed by atoms with Crippen LogP contribution in [0.25, 0.3) is 21.9 Å².